The Morgan fingerprint density at radius 3 is 2.44 bits per heavy atom. The van der Waals surface area contributed by atoms with E-state index < -0.39 is 66.0 Å². The molecule has 0 spiro atoms. The van der Waals surface area contributed by atoms with Crippen molar-refractivity contribution in [3.63, 3.8) is 0 Å². The Morgan fingerprint density at radius 1 is 1.05 bits per heavy atom. The van der Waals surface area contributed by atoms with Crippen molar-refractivity contribution < 1.29 is 68.5 Å². The number of carbonyl (C=O) groups is 3. The van der Waals surface area contributed by atoms with Gasteiger partial charge in [-0.1, -0.05) is 43.2 Å². The fourth-order valence-electron chi connectivity index (χ4n) is 8.06. The van der Waals surface area contributed by atoms with Crippen molar-refractivity contribution in [3.05, 3.63) is 111 Å². The number of aliphatic carboxylic acids is 1. The molecule has 7 rings (SSSR count). The van der Waals surface area contributed by atoms with E-state index in [-0.39, 0.29) is 59.9 Å². The second-order valence-corrected chi connectivity index (χ2v) is 16.4. The number of allylic oxidation sites excluding steroid dienone is 1. The van der Waals surface area contributed by atoms with Gasteiger partial charge in [-0.3, -0.25) is 19.9 Å². The van der Waals surface area contributed by atoms with Crippen LogP contribution in [0.1, 0.15) is 43.4 Å². The summed E-state index contributed by atoms with van der Waals surface area (Å²) in [5, 5.41) is 71.8. The largest absolute Gasteiger partial charge is 0.508 e. The van der Waals surface area contributed by atoms with Crippen LogP contribution in [0.2, 0.25) is 0 Å². The van der Waals surface area contributed by atoms with E-state index in [2.05, 4.69) is 10.3 Å². The Labute approximate surface area is 366 Å². The van der Waals surface area contributed by atoms with E-state index in [1.807, 2.05) is 32.0 Å². The number of esters is 1. The number of nitrogens with one attached hydrogen (secondary N) is 1. The molecule has 64 heavy (non-hydrogen) atoms. The molecule has 18 nitrogen and oxygen atoms in total. The number of rotatable bonds is 17. The lowest BCUT2D eigenvalue weighted by atomic mass is 9.76. The number of carboxylic acid groups (broad SMARTS) is 1. The molecule has 1 saturated heterocycles. The van der Waals surface area contributed by atoms with Crippen molar-refractivity contribution in [2.24, 2.45) is 10.9 Å². The van der Waals surface area contributed by atoms with Crippen molar-refractivity contribution >= 4 is 41.1 Å². The monoisotopic (exact) mass is 883 g/mol. The van der Waals surface area contributed by atoms with Gasteiger partial charge in [0.05, 0.1) is 35.0 Å². The molecule has 0 bridgehead atoms. The first-order valence-corrected chi connectivity index (χ1v) is 20.5. The zero-order valence-electron chi connectivity index (χ0n) is 35.3. The van der Waals surface area contributed by atoms with Crippen LogP contribution in [0.3, 0.4) is 0 Å². The molecule has 0 radical (unpaired) electrons. The van der Waals surface area contributed by atoms with Gasteiger partial charge in [-0.2, -0.15) is 0 Å². The van der Waals surface area contributed by atoms with Gasteiger partial charge in [0, 0.05) is 36.4 Å². The van der Waals surface area contributed by atoms with Gasteiger partial charge >= 0.3 is 11.9 Å². The molecule has 0 saturated carbocycles. The molecule has 3 aromatic carbocycles. The van der Waals surface area contributed by atoms with Crippen LogP contribution >= 0.6 is 0 Å². The van der Waals surface area contributed by atoms with Crippen LogP contribution in [-0.4, -0.2) is 122 Å². The summed E-state index contributed by atoms with van der Waals surface area (Å²) in [7, 11) is 0. The maximum Gasteiger partial charge on any atom is 0.337 e. The molecule has 18 heteroatoms. The number of aliphatic imine (C=N–C) groups is 1. The number of aromatic hydroxyl groups is 1. The van der Waals surface area contributed by atoms with Gasteiger partial charge < -0.3 is 54.1 Å². The number of phenols is 1. The molecule has 0 aliphatic carbocycles. The summed E-state index contributed by atoms with van der Waals surface area (Å²) in [6.45, 7) is 7.20. The number of benzene rings is 3. The highest BCUT2D eigenvalue weighted by Gasteiger charge is 2.64. The van der Waals surface area contributed by atoms with E-state index >= 15 is 0 Å². The predicted molar refractivity (Wildman–Crippen MR) is 228 cm³/mol. The van der Waals surface area contributed by atoms with Gasteiger partial charge in [0.25, 0.3) is 0 Å². The van der Waals surface area contributed by atoms with E-state index in [0.29, 0.717) is 28.8 Å². The molecule has 0 amide bonds. The minimum atomic E-state index is -2.81. The number of carbonyl (C=O) groups excluding carboxylic acids is 2. The molecule has 8 atom stereocenters. The maximum atomic E-state index is 13.6. The zero-order valence-corrected chi connectivity index (χ0v) is 35.3. The van der Waals surface area contributed by atoms with Crippen molar-refractivity contribution in [1.82, 2.24) is 10.4 Å². The first-order valence-electron chi connectivity index (χ1n) is 20.5. The number of aldehydes is 1. The number of hydroxylamine groups is 2. The second kappa shape index (κ2) is 18.8. The molecular formula is C46H49N3O15. The quantitative estimate of drug-likeness (QED) is 0.0264. The number of aliphatic hydroxyl groups is 4. The van der Waals surface area contributed by atoms with Crippen LogP contribution in [0.5, 0.6) is 11.5 Å². The van der Waals surface area contributed by atoms with Crippen LogP contribution in [0.4, 0.5) is 0 Å². The van der Waals surface area contributed by atoms with E-state index in [0.717, 1.165) is 16.7 Å². The summed E-state index contributed by atoms with van der Waals surface area (Å²) in [5.41, 5.74) is 1.89. The highest BCUT2D eigenvalue weighted by atomic mass is 16.8. The SMILES string of the molecule is Cc1cc(C)cc(C2=C3N=CC=C3CN2O[C@@H]2[C@@H](Oc3ccc4c(=O)c(-c5ccc(O)cc5)coc4c3)O[C@@H]([C@@H](O)OC(=O)[C@H](NCCC=O)C(=O)O)[C@H](O)[C@]2(O)[C@@H](O)CC(C)C)c1. The molecule has 3 aliphatic rings. The normalized spacial score (nSPS) is 23.2. The van der Waals surface area contributed by atoms with Gasteiger partial charge in [0.2, 0.25) is 18.6 Å². The summed E-state index contributed by atoms with van der Waals surface area (Å²) < 4.78 is 23.5. The van der Waals surface area contributed by atoms with E-state index in [1.165, 1.54) is 41.7 Å². The van der Waals surface area contributed by atoms with Gasteiger partial charge in [-0.05, 0) is 74.2 Å². The van der Waals surface area contributed by atoms with Gasteiger partial charge in [0.15, 0.2) is 23.2 Å². The number of ether oxygens (including phenoxy) is 3. The number of carboxylic acids is 1. The van der Waals surface area contributed by atoms with Gasteiger partial charge in [-0.25, -0.2) is 14.7 Å². The molecule has 7 N–H and O–H groups in total. The van der Waals surface area contributed by atoms with Crippen molar-refractivity contribution in [1.29, 1.82) is 0 Å². The molecule has 338 valence electrons. The topological polar surface area (TPSA) is 267 Å². The minimum Gasteiger partial charge on any atom is -0.508 e. The fraction of sp³-hybridized carbons (Fsp3) is 0.370. The number of nitrogens with zero attached hydrogens (tertiary/aromatic N) is 2. The predicted octanol–water partition coefficient (Wildman–Crippen LogP) is 2.87. The Morgan fingerprint density at radius 2 is 1.77 bits per heavy atom. The molecule has 1 fully saturated rings. The molecule has 1 aromatic heterocycles. The minimum absolute atomic E-state index is 0.0100. The van der Waals surface area contributed by atoms with Crippen LogP contribution in [0.25, 0.3) is 27.8 Å². The standard InChI is InChI=1S/C46H49N3O15/c1-23(2)16-34(52)46(59)40(54)39(44(58)63-43(57)36(42(55)56)47-13-5-15-50)62-45(41(46)64-49-21-27-12-14-48-35(27)37(49)28-18-24(3)17-25(4)19-28)61-30-10-11-31-33(20-30)60-22-32(38(31)53)26-6-8-29(51)9-7-26/h6-12,14-15,17-20,22-23,34,36,39-41,44-45,47,51-52,54,58-59H,5,13,16,21H2,1-4H3,(H,55,56)/t34-,36+,39+,40-,41+,44-,45-,46+/m0/s1. The zero-order chi connectivity index (χ0) is 46.0. The third-order valence-electron chi connectivity index (χ3n) is 11.1. The lowest BCUT2D eigenvalue weighted by molar-refractivity contribution is -0.385. The number of phenolic OH excluding ortho intramolecular Hbond substituents is 1. The molecule has 4 heterocycles. The summed E-state index contributed by atoms with van der Waals surface area (Å²) in [4.78, 5) is 60.9. The lowest BCUT2D eigenvalue weighted by Gasteiger charge is -2.52. The lowest BCUT2D eigenvalue weighted by Crippen LogP contribution is -2.75. The molecule has 4 aromatic rings. The Hall–Kier alpha value is -6.25. The second-order valence-electron chi connectivity index (χ2n) is 16.4. The van der Waals surface area contributed by atoms with Gasteiger partial charge in [-0.15, -0.1) is 0 Å². The third kappa shape index (κ3) is 9.20. The number of aliphatic hydroxyl groups excluding tert-OH is 3. The van der Waals surface area contributed by atoms with Crippen LogP contribution in [-0.2, 0) is 28.7 Å². The smallest absolute Gasteiger partial charge is 0.337 e. The van der Waals surface area contributed by atoms with E-state index in [1.54, 1.807) is 38.3 Å². The van der Waals surface area contributed by atoms with Crippen LogP contribution in [0, 0.1) is 19.8 Å². The Balaban J connectivity index is 1.30. The summed E-state index contributed by atoms with van der Waals surface area (Å²) in [6, 6.07) is 13.9. The molecule has 3 aliphatic heterocycles. The summed E-state index contributed by atoms with van der Waals surface area (Å²) >= 11 is 0. The summed E-state index contributed by atoms with van der Waals surface area (Å²) in [6.07, 6.45) is -7.65. The average Bonchev–Trinajstić information content (AvgIpc) is 3.83. The number of hydrogen-bond acceptors (Lipinski definition) is 17. The van der Waals surface area contributed by atoms with Crippen molar-refractivity contribution in [3.8, 4) is 22.6 Å². The first kappa shape index (κ1) is 45.8. The van der Waals surface area contributed by atoms with Crippen molar-refractivity contribution in [2.75, 3.05) is 13.1 Å². The Kier molecular flexibility index (Phi) is 13.5. The molecule has 0 unspecified atom stereocenters. The van der Waals surface area contributed by atoms with Crippen LogP contribution < -0.4 is 15.5 Å². The van der Waals surface area contributed by atoms with E-state index in [4.69, 9.17) is 23.5 Å². The third-order valence-corrected chi connectivity index (χ3v) is 11.1. The van der Waals surface area contributed by atoms with E-state index in [9.17, 15) is 49.8 Å². The first-order chi connectivity index (χ1) is 30.5. The highest BCUT2D eigenvalue weighted by Crippen LogP contribution is 2.44. The fourth-order valence-corrected chi connectivity index (χ4v) is 8.06. The highest BCUT2D eigenvalue weighted by molar-refractivity contribution is 5.98. The van der Waals surface area contributed by atoms with Gasteiger partial charge in [0.1, 0.15) is 35.7 Å². The maximum absolute atomic E-state index is 13.6. The van der Waals surface area contributed by atoms with Crippen LogP contribution in [0.15, 0.2) is 98.5 Å². The average molecular weight is 884 g/mol. The Bertz CT molecular complexity index is 2550. The number of aryl methyl sites for hydroxylation is 2. The summed E-state index contributed by atoms with van der Waals surface area (Å²) in [5.74, 6) is -3.55. The number of hydrogen-bond donors (Lipinski definition) is 7. The van der Waals surface area contributed by atoms with Crippen molar-refractivity contribution in [2.45, 2.75) is 89.2 Å². The number of fused-ring (bicyclic) bond motifs is 2. The molecular weight excluding hydrogens is 835 g/mol.